The number of carbonyl (C=O) groups excluding carboxylic acids is 2. The summed E-state index contributed by atoms with van der Waals surface area (Å²) in [6.07, 6.45) is 0.0108. The maximum Gasteiger partial charge on any atom is 0.230 e. The van der Waals surface area contributed by atoms with Crippen LogP contribution < -0.4 is 0 Å². The van der Waals surface area contributed by atoms with Crippen molar-refractivity contribution in [1.82, 2.24) is 4.90 Å². The van der Waals surface area contributed by atoms with Crippen molar-refractivity contribution in [3.05, 3.63) is 0 Å². The summed E-state index contributed by atoms with van der Waals surface area (Å²) >= 11 is 0. The van der Waals surface area contributed by atoms with Crippen molar-refractivity contribution >= 4 is 11.7 Å². The van der Waals surface area contributed by atoms with Gasteiger partial charge in [-0.2, -0.15) is 0 Å². The molecule has 0 aliphatic carbocycles. The number of amides is 1. The molecule has 0 rings (SSSR count). The molecule has 0 aromatic rings. The molecular weight excluding hydrogens is 178 g/mol. The van der Waals surface area contributed by atoms with Crippen molar-refractivity contribution in [2.24, 2.45) is 5.41 Å². The van der Waals surface area contributed by atoms with Gasteiger partial charge in [-0.1, -0.05) is 20.8 Å². The molecule has 14 heavy (non-hydrogen) atoms. The molecule has 0 bridgehead atoms. The first-order valence-corrected chi connectivity index (χ1v) is 4.91. The third kappa shape index (κ3) is 3.90. The Labute approximate surface area is 86.5 Å². The molecule has 0 saturated heterocycles. The fourth-order valence-corrected chi connectivity index (χ4v) is 1.13. The van der Waals surface area contributed by atoms with Gasteiger partial charge < -0.3 is 4.90 Å². The smallest absolute Gasteiger partial charge is 0.230 e. The van der Waals surface area contributed by atoms with Gasteiger partial charge in [-0.3, -0.25) is 9.59 Å². The summed E-state index contributed by atoms with van der Waals surface area (Å²) in [4.78, 5) is 24.0. The molecule has 82 valence electrons. The van der Waals surface area contributed by atoms with Crippen LogP contribution in [0.4, 0.5) is 0 Å². The zero-order valence-electron chi connectivity index (χ0n) is 10.0. The van der Waals surface area contributed by atoms with Gasteiger partial charge in [0.25, 0.3) is 0 Å². The summed E-state index contributed by atoms with van der Waals surface area (Å²) in [7, 11) is 1.75. The molecule has 3 heteroatoms. The van der Waals surface area contributed by atoms with Crippen molar-refractivity contribution in [3.8, 4) is 0 Å². The van der Waals surface area contributed by atoms with Crippen LogP contribution >= 0.6 is 0 Å². The highest BCUT2D eigenvalue weighted by molar-refractivity contribution is 5.96. The van der Waals surface area contributed by atoms with E-state index in [1.807, 2.05) is 6.92 Å². The topological polar surface area (TPSA) is 37.4 Å². The average molecular weight is 199 g/mol. The van der Waals surface area contributed by atoms with Crippen LogP contribution in [0.2, 0.25) is 0 Å². The normalized spacial score (nSPS) is 13.6. The summed E-state index contributed by atoms with van der Waals surface area (Å²) in [5, 5.41) is 0. The second-order valence-corrected chi connectivity index (χ2v) is 4.93. The Morgan fingerprint density at radius 3 is 2.00 bits per heavy atom. The number of Topliss-reactive ketones (excluding diaryl/α,β-unsaturated/α-hetero) is 1. The van der Waals surface area contributed by atoms with E-state index in [1.165, 1.54) is 6.92 Å². The van der Waals surface area contributed by atoms with E-state index in [2.05, 4.69) is 20.8 Å². The Kier molecular flexibility index (Phi) is 4.30. The van der Waals surface area contributed by atoms with Crippen LogP contribution in [0.15, 0.2) is 0 Å². The van der Waals surface area contributed by atoms with Gasteiger partial charge >= 0.3 is 0 Å². The van der Waals surface area contributed by atoms with Gasteiger partial charge in [0.2, 0.25) is 5.91 Å². The highest BCUT2D eigenvalue weighted by Crippen LogP contribution is 2.23. The standard InChI is InChI=1S/C11H21NO2/c1-8(13)7-10(14)12(6)9(2)11(3,4)5/h9H,7H2,1-6H3. The molecule has 0 aromatic carbocycles. The number of hydrogen-bond acceptors (Lipinski definition) is 2. The van der Waals surface area contributed by atoms with E-state index in [-0.39, 0.29) is 29.6 Å². The van der Waals surface area contributed by atoms with E-state index >= 15 is 0 Å². The largest absolute Gasteiger partial charge is 0.342 e. The van der Waals surface area contributed by atoms with E-state index < -0.39 is 0 Å². The Morgan fingerprint density at radius 2 is 1.71 bits per heavy atom. The zero-order valence-corrected chi connectivity index (χ0v) is 10.0. The van der Waals surface area contributed by atoms with Gasteiger partial charge in [0.05, 0.1) is 6.42 Å². The van der Waals surface area contributed by atoms with Gasteiger partial charge in [-0.15, -0.1) is 0 Å². The highest BCUT2D eigenvalue weighted by Gasteiger charge is 2.27. The Hall–Kier alpha value is -0.860. The lowest BCUT2D eigenvalue weighted by molar-refractivity contribution is -0.136. The van der Waals surface area contributed by atoms with E-state index in [4.69, 9.17) is 0 Å². The van der Waals surface area contributed by atoms with Crippen LogP contribution in [0.3, 0.4) is 0 Å². The maximum atomic E-state index is 11.5. The van der Waals surface area contributed by atoms with Crippen LogP contribution in [0.5, 0.6) is 0 Å². The number of rotatable bonds is 3. The molecule has 0 fully saturated rings. The van der Waals surface area contributed by atoms with E-state index in [1.54, 1.807) is 11.9 Å². The summed E-state index contributed by atoms with van der Waals surface area (Å²) in [5.74, 6) is -0.178. The quantitative estimate of drug-likeness (QED) is 0.651. The SMILES string of the molecule is CC(=O)CC(=O)N(C)C(C)C(C)(C)C. The molecule has 1 amide bonds. The molecule has 1 unspecified atom stereocenters. The number of nitrogens with zero attached hydrogens (tertiary/aromatic N) is 1. The van der Waals surface area contributed by atoms with Crippen LogP contribution in [-0.4, -0.2) is 29.7 Å². The van der Waals surface area contributed by atoms with Gasteiger partial charge in [0.15, 0.2) is 0 Å². The molecule has 1 atom stereocenters. The van der Waals surface area contributed by atoms with Crippen LogP contribution in [0, 0.1) is 5.41 Å². The van der Waals surface area contributed by atoms with Crippen molar-refractivity contribution in [2.45, 2.75) is 47.1 Å². The summed E-state index contributed by atoms with van der Waals surface area (Å²) in [6.45, 7) is 9.67. The minimum atomic E-state index is -0.0973. The molecule has 0 radical (unpaired) electrons. The van der Waals surface area contributed by atoms with Crippen LogP contribution in [0.1, 0.15) is 41.0 Å². The Bertz CT molecular complexity index is 228. The fraction of sp³-hybridized carbons (Fsp3) is 0.818. The fourth-order valence-electron chi connectivity index (χ4n) is 1.13. The van der Waals surface area contributed by atoms with Gasteiger partial charge in [0.1, 0.15) is 5.78 Å². The lowest BCUT2D eigenvalue weighted by Crippen LogP contribution is -2.43. The molecular formula is C11H21NO2. The monoisotopic (exact) mass is 199 g/mol. The molecule has 0 aliphatic rings. The van der Waals surface area contributed by atoms with Crippen LogP contribution in [-0.2, 0) is 9.59 Å². The minimum absolute atomic E-state index is 0.0108. The Morgan fingerprint density at radius 1 is 1.29 bits per heavy atom. The molecule has 3 nitrogen and oxygen atoms in total. The number of ketones is 1. The molecule has 0 spiro atoms. The second-order valence-electron chi connectivity index (χ2n) is 4.93. The number of hydrogen-bond donors (Lipinski definition) is 0. The molecule has 0 heterocycles. The minimum Gasteiger partial charge on any atom is -0.342 e. The van der Waals surface area contributed by atoms with E-state index in [0.29, 0.717) is 0 Å². The predicted molar refractivity (Wildman–Crippen MR) is 57.0 cm³/mol. The van der Waals surface area contributed by atoms with Crippen molar-refractivity contribution in [3.63, 3.8) is 0 Å². The summed E-state index contributed by atoms with van der Waals surface area (Å²) in [5.41, 5.74) is 0.0429. The van der Waals surface area contributed by atoms with Crippen molar-refractivity contribution in [2.75, 3.05) is 7.05 Å². The number of carbonyl (C=O) groups is 2. The molecule has 0 aliphatic heterocycles. The lowest BCUT2D eigenvalue weighted by atomic mass is 9.87. The van der Waals surface area contributed by atoms with Gasteiger partial charge in [-0.25, -0.2) is 0 Å². The summed E-state index contributed by atoms with van der Waals surface area (Å²) in [6, 6.07) is 0.134. The summed E-state index contributed by atoms with van der Waals surface area (Å²) < 4.78 is 0. The van der Waals surface area contributed by atoms with Crippen molar-refractivity contribution < 1.29 is 9.59 Å². The molecule has 0 saturated carbocycles. The van der Waals surface area contributed by atoms with Crippen molar-refractivity contribution in [1.29, 1.82) is 0 Å². The molecule has 0 N–H and O–H groups in total. The second kappa shape index (κ2) is 4.58. The third-order valence-corrected chi connectivity index (χ3v) is 2.63. The van der Waals surface area contributed by atoms with Gasteiger partial charge in [-0.05, 0) is 19.3 Å². The first-order valence-electron chi connectivity index (χ1n) is 4.91. The Balaban J connectivity index is 4.39. The van der Waals surface area contributed by atoms with E-state index in [9.17, 15) is 9.59 Å². The predicted octanol–water partition coefficient (Wildman–Crippen LogP) is 1.86. The van der Waals surface area contributed by atoms with E-state index in [0.717, 1.165) is 0 Å². The zero-order chi connectivity index (χ0) is 11.5. The maximum absolute atomic E-state index is 11.5. The highest BCUT2D eigenvalue weighted by atomic mass is 16.2. The third-order valence-electron chi connectivity index (χ3n) is 2.63. The average Bonchev–Trinajstić information content (AvgIpc) is 1.98. The van der Waals surface area contributed by atoms with Crippen LogP contribution in [0.25, 0.3) is 0 Å². The van der Waals surface area contributed by atoms with Gasteiger partial charge in [0, 0.05) is 13.1 Å². The first kappa shape index (κ1) is 13.1. The lowest BCUT2D eigenvalue weighted by Gasteiger charge is -2.35. The first-order chi connectivity index (χ1) is 6.16. The molecule has 0 aromatic heterocycles.